The van der Waals surface area contributed by atoms with Crippen LogP contribution in [0.25, 0.3) is 0 Å². The van der Waals surface area contributed by atoms with Crippen LogP contribution in [0, 0.1) is 5.92 Å². The highest BCUT2D eigenvalue weighted by atomic mass is 16.5. The third kappa shape index (κ3) is 2.39. The zero-order chi connectivity index (χ0) is 10.7. The van der Waals surface area contributed by atoms with Gasteiger partial charge in [0.1, 0.15) is 0 Å². The molecule has 0 radical (unpaired) electrons. The molecule has 2 rings (SSSR count). The molecule has 15 heavy (non-hydrogen) atoms. The largest absolute Gasteiger partial charge is 0.493 e. The number of pyridine rings is 1. The average molecular weight is 207 g/mol. The highest BCUT2D eigenvalue weighted by Gasteiger charge is 2.30. The van der Waals surface area contributed by atoms with Gasteiger partial charge < -0.3 is 15.8 Å². The molecule has 3 N–H and O–H groups in total. The van der Waals surface area contributed by atoms with E-state index in [0.717, 1.165) is 11.6 Å². The SMILES string of the molecule is COc1cccnc1NC(CN)C1CC1. The van der Waals surface area contributed by atoms with Crippen LogP contribution in [0.5, 0.6) is 5.75 Å². The standard InChI is InChI=1S/C11H17N3O/c1-15-10-3-2-6-13-11(10)14-9(7-12)8-4-5-8/h2-3,6,8-9H,4-5,7,12H2,1H3,(H,13,14). The molecule has 0 bridgehead atoms. The zero-order valence-corrected chi connectivity index (χ0v) is 8.94. The molecule has 1 aliphatic carbocycles. The van der Waals surface area contributed by atoms with Crippen molar-refractivity contribution in [2.45, 2.75) is 18.9 Å². The smallest absolute Gasteiger partial charge is 0.169 e. The van der Waals surface area contributed by atoms with Crippen molar-refractivity contribution in [3.63, 3.8) is 0 Å². The fourth-order valence-electron chi connectivity index (χ4n) is 1.71. The van der Waals surface area contributed by atoms with Crippen molar-refractivity contribution in [3.05, 3.63) is 18.3 Å². The molecule has 4 heteroatoms. The lowest BCUT2D eigenvalue weighted by molar-refractivity contribution is 0.414. The Morgan fingerprint density at radius 3 is 3.07 bits per heavy atom. The van der Waals surface area contributed by atoms with E-state index in [4.69, 9.17) is 10.5 Å². The van der Waals surface area contributed by atoms with Crippen LogP contribution in [0.3, 0.4) is 0 Å². The highest BCUT2D eigenvalue weighted by molar-refractivity contribution is 5.50. The third-order valence-corrected chi connectivity index (χ3v) is 2.76. The van der Waals surface area contributed by atoms with E-state index in [1.54, 1.807) is 13.3 Å². The van der Waals surface area contributed by atoms with Crippen molar-refractivity contribution in [1.29, 1.82) is 0 Å². The molecule has 1 atom stereocenters. The van der Waals surface area contributed by atoms with Crippen molar-refractivity contribution in [2.24, 2.45) is 11.7 Å². The van der Waals surface area contributed by atoms with Gasteiger partial charge in [-0.25, -0.2) is 4.98 Å². The number of nitrogens with one attached hydrogen (secondary N) is 1. The van der Waals surface area contributed by atoms with E-state index in [1.807, 2.05) is 12.1 Å². The molecule has 1 unspecified atom stereocenters. The number of nitrogens with two attached hydrogens (primary N) is 1. The van der Waals surface area contributed by atoms with E-state index in [9.17, 15) is 0 Å². The van der Waals surface area contributed by atoms with Gasteiger partial charge >= 0.3 is 0 Å². The first-order chi connectivity index (χ1) is 7.35. The number of hydrogen-bond donors (Lipinski definition) is 2. The van der Waals surface area contributed by atoms with Crippen LogP contribution in [0.2, 0.25) is 0 Å². The van der Waals surface area contributed by atoms with Crippen LogP contribution in [0.1, 0.15) is 12.8 Å². The molecule has 1 aliphatic rings. The lowest BCUT2D eigenvalue weighted by Crippen LogP contribution is -2.31. The lowest BCUT2D eigenvalue weighted by Gasteiger charge is -2.18. The normalized spacial score (nSPS) is 17.2. The van der Waals surface area contributed by atoms with E-state index in [0.29, 0.717) is 18.5 Å². The number of rotatable bonds is 5. The Balaban J connectivity index is 2.07. The molecule has 1 fully saturated rings. The van der Waals surface area contributed by atoms with Gasteiger partial charge in [0, 0.05) is 18.8 Å². The van der Waals surface area contributed by atoms with E-state index in [2.05, 4.69) is 10.3 Å². The molecule has 0 spiro atoms. The van der Waals surface area contributed by atoms with Crippen LogP contribution < -0.4 is 15.8 Å². The summed E-state index contributed by atoms with van der Waals surface area (Å²) in [6.45, 7) is 0.643. The summed E-state index contributed by atoms with van der Waals surface area (Å²) >= 11 is 0. The van der Waals surface area contributed by atoms with E-state index in [-0.39, 0.29) is 0 Å². The predicted octanol–water partition coefficient (Wildman–Crippen LogP) is 1.24. The van der Waals surface area contributed by atoms with E-state index < -0.39 is 0 Å². The Morgan fingerprint density at radius 2 is 2.47 bits per heavy atom. The van der Waals surface area contributed by atoms with Gasteiger partial charge in [-0.15, -0.1) is 0 Å². The van der Waals surface area contributed by atoms with Crippen LogP contribution in [-0.2, 0) is 0 Å². The number of ether oxygens (including phenoxy) is 1. The zero-order valence-electron chi connectivity index (χ0n) is 8.94. The maximum absolute atomic E-state index is 5.72. The molecular weight excluding hydrogens is 190 g/mol. The molecule has 0 amide bonds. The summed E-state index contributed by atoms with van der Waals surface area (Å²) in [5.41, 5.74) is 5.72. The molecule has 82 valence electrons. The molecule has 1 aromatic rings. The minimum absolute atomic E-state index is 0.328. The van der Waals surface area contributed by atoms with Gasteiger partial charge in [-0.3, -0.25) is 0 Å². The second-order valence-corrected chi connectivity index (χ2v) is 3.88. The first-order valence-corrected chi connectivity index (χ1v) is 5.30. The summed E-state index contributed by atoms with van der Waals surface area (Å²) in [6.07, 6.45) is 4.29. The number of aromatic nitrogens is 1. The molecule has 1 heterocycles. The van der Waals surface area contributed by atoms with Gasteiger partial charge in [-0.2, -0.15) is 0 Å². The van der Waals surface area contributed by atoms with Gasteiger partial charge in [-0.1, -0.05) is 0 Å². The van der Waals surface area contributed by atoms with Crippen molar-refractivity contribution in [1.82, 2.24) is 4.98 Å². The summed E-state index contributed by atoms with van der Waals surface area (Å²) in [6, 6.07) is 4.09. The first kappa shape index (κ1) is 10.2. The molecule has 0 aromatic carbocycles. The summed E-state index contributed by atoms with van der Waals surface area (Å²) in [7, 11) is 1.65. The topological polar surface area (TPSA) is 60.2 Å². The second-order valence-electron chi connectivity index (χ2n) is 3.88. The quantitative estimate of drug-likeness (QED) is 0.762. The average Bonchev–Trinajstić information content (AvgIpc) is 3.10. The summed E-state index contributed by atoms with van der Waals surface area (Å²) < 4.78 is 5.23. The molecule has 1 saturated carbocycles. The maximum Gasteiger partial charge on any atom is 0.169 e. The van der Waals surface area contributed by atoms with Crippen LogP contribution in [0.4, 0.5) is 5.82 Å². The minimum atomic E-state index is 0.328. The van der Waals surface area contributed by atoms with Crippen molar-refractivity contribution < 1.29 is 4.74 Å². The third-order valence-electron chi connectivity index (χ3n) is 2.76. The minimum Gasteiger partial charge on any atom is -0.493 e. The number of methoxy groups -OCH3 is 1. The summed E-state index contributed by atoms with van der Waals surface area (Å²) in [5.74, 6) is 2.28. The van der Waals surface area contributed by atoms with Gasteiger partial charge in [-0.05, 0) is 30.9 Å². The molecule has 4 nitrogen and oxygen atoms in total. The van der Waals surface area contributed by atoms with Crippen molar-refractivity contribution in [2.75, 3.05) is 19.0 Å². The molecule has 1 aromatic heterocycles. The summed E-state index contributed by atoms with van der Waals surface area (Å²) in [5, 5.41) is 3.35. The number of hydrogen-bond acceptors (Lipinski definition) is 4. The Hall–Kier alpha value is -1.29. The number of nitrogens with zero attached hydrogens (tertiary/aromatic N) is 1. The second kappa shape index (κ2) is 4.49. The fourth-order valence-corrected chi connectivity index (χ4v) is 1.71. The van der Waals surface area contributed by atoms with Crippen molar-refractivity contribution in [3.8, 4) is 5.75 Å². The van der Waals surface area contributed by atoms with Gasteiger partial charge in [0.05, 0.1) is 7.11 Å². The van der Waals surface area contributed by atoms with Gasteiger partial charge in [0.15, 0.2) is 11.6 Å². The Labute approximate surface area is 89.8 Å². The summed E-state index contributed by atoms with van der Waals surface area (Å²) in [4.78, 5) is 4.26. The van der Waals surface area contributed by atoms with Gasteiger partial charge in [0.2, 0.25) is 0 Å². The van der Waals surface area contributed by atoms with E-state index >= 15 is 0 Å². The molecule has 0 saturated heterocycles. The number of anilines is 1. The maximum atomic E-state index is 5.72. The van der Waals surface area contributed by atoms with Crippen LogP contribution in [0.15, 0.2) is 18.3 Å². The van der Waals surface area contributed by atoms with Crippen LogP contribution >= 0.6 is 0 Å². The van der Waals surface area contributed by atoms with Crippen molar-refractivity contribution >= 4 is 5.82 Å². The predicted molar refractivity (Wildman–Crippen MR) is 60.0 cm³/mol. The fraction of sp³-hybridized carbons (Fsp3) is 0.545. The Bertz CT molecular complexity index is 325. The first-order valence-electron chi connectivity index (χ1n) is 5.30. The molecule has 0 aliphatic heterocycles. The lowest BCUT2D eigenvalue weighted by atomic mass is 10.2. The van der Waals surface area contributed by atoms with Crippen LogP contribution in [-0.4, -0.2) is 24.7 Å². The highest BCUT2D eigenvalue weighted by Crippen LogP contribution is 2.34. The monoisotopic (exact) mass is 207 g/mol. The van der Waals surface area contributed by atoms with E-state index in [1.165, 1.54) is 12.8 Å². The molecular formula is C11H17N3O. The Morgan fingerprint density at radius 1 is 1.67 bits per heavy atom. The van der Waals surface area contributed by atoms with Gasteiger partial charge in [0.25, 0.3) is 0 Å². The Kier molecular flexibility index (Phi) is 3.06.